The number of esters is 1. The van der Waals surface area contributed by atoms with Crippen LogP contribution >= 0.6 is 12.6 Å². The standard InChI is InChI=1S/C24H28N2O6S/c1-24(2,10-12-31-21(28)16-33)22(18-4-3-5-20(14-18)30-13-11-27)32-23(29)26-19-8-6-17(15-25)7-9-19/h3-9,14,22,27,33H,10-13,16H2,1-2H3,(H,26,29)/t22-/m1/s1. The minimum atomic E-state index is -0.705. The largest absolute Gasteiger partial charge is 0.491 e. The summed E-state index contributed by atoms with van der Waals surface area (Å²) in [5.41, 5.74) is 1.03. The molecule has 2 rings (SSSR count). The molecular weight excluding hydrogens is 444 g/mol. The fourth-order valence-electron chi connectivity index (χ4n) is 3.10. The van der Waals surface area contributed by atoms with E-state index in [1.54, 1.807) is 42.5 Å². The first kappa shape index (κ1) is 26.0. The Labute approximate surface area is 198 Å². The lowest BCUT2D eigenvalue weighted by atomic mass is 9.80. The molecule has 0 aromatic heterocycles. The van der Waals surface area contributed by atoms with Crippen LogP contribution < -0.4 is 10.1 Å². The van der Waals surface area contributed by atoms with Crippen molar-refractivity contribution in [2.24, 2.45) is 5.41 Å². The van der Waals surface area contributed by atoms with Gasteiger partial charge >= 0.3 is 12.1 Å². The maximum atomic E-state index is 12.7. The third kappa shape index (κ3) is 8.33. The van der Waals surface area contributed by atoms with Gasteiger partial charge in [0.25, 0.3) is 0 Å². The number of thiol groups is 1. The smallest absolute Gasteiger partial charge is 0.412 e. The van der Waals surface area contributed by atoms with Crippen LogP contribution in [0.4, 0.5) is 10.5 Å². The summed E-state index contributed by atoms with van der Waals surface area (Å²) in [5, 5.41) is 20.6. The Bertz CT molecular complexity index is 972. The number of hydrogen-bond acceptors (Lipinski definition) is 8. The van der Waals surface area contributed by atoms with E-state index in [-0.39, 0.29) is 25.6 Å². The van der Waals surface area contributed by atoms with Crippen molar-refractivity contribution in [1.29, 1.82) is 5.26 Å². The molecule has 0 radical (unpaired) electrons. The summed E-state index contributed by atoms with van der Waals surface area (Å²) < 4.78 is 16.5. The molecule has 8 nitrogen and oxygen atoms in total. The Hall–Kier alpha value is -3.22. The van der Waals surface area contributed by atoms with Crippen molar-refractivity contribution >= 4 is 30.4 Å². The molecule has 0 heterocycles. The molecule has 2 N–H and O–H groups in total. The molecular formula is C24H28N2O6S. The molecule has 33 heavy (non-hydrogen) atoms. The average Bonchev–Trinajstić information content (AvgIpc) is 2.81. The summed E-state index contributed by atoms with van der Waals surface area (Å²) in [6.45, 7) is 3.96. The molecule has 0 unspecified atom stereocenters. The highest BCUT2D eigenvalue weighted by molar-refractivity contribution is 7.81. The number of aliphatic hydroxyl groups excluding tert-OH is 1. The fraction of sp³-hybridized carbons (Fsp3) is 0.375. The van der Waals surface area contributed by atoms with Gasteiger partial charge in [0.1, 0.15) is 18.5 Å². The van der Waals surface area contributed by atoms with Gasteiger partial charge in [0.2, 0.25) is 0 Å². The molecule has 9 heteroatoms. The van der Waals surface area contributed by atoms with Crippen molar-refractivity contribution in [3.05, 3.63) is 59.7 Å². The fourth-order valence-corrected chi connectivity index (χ4v) is 3.19. The number of nitrogens with zero attached hydrogens (tertiary/aromatic N) is 1. The third-order valence-electron chi connectivity index (χ3n) is 4.85. The molecule has 0 aliphatic rings. The van der Waals surface area contributed by atoms with Crippen molar-refractivity contribution in [1.82, 2.24) is 0 Å². The highest BCUT2D eigenvalue weighted by Gasteiger charge is 2.35. The number of benzene rings is 2. The number of aliphatic hydroxyl groups is 1. The van der Waals surface area contributed by atoms with Gasteiger partial charge in [-0.15, -0.1) is 0 Å². The second-order valence-electron chi connectivity index (χ2n) is 7.86. The van der Waals surface area contributed by atoms with Crippen LogP contribution in [-0.4, -0.2) is 42.7 Å². The van der Waals surface area contributed by atoms with Gasteiger partial charge < -0.3 is 19.3 Å². The maximum Gasteiger partial charge on any atom is 0.412 e. The average molecular weight is 473 g/mol. The van der Waals surface area contributed by atoms with Crippen LogP contribution in [0.15, 0.2) is 48.5 Å². The maximum absolute atomic E-state index is 12.7. The van der Waals surface area contributed by atoms with Gasteiger partial charge in [0, 0.05) is 11.1 Å². The molecule has 0 saturated carbocycles. The normalized spacial score (nSPS) is 11.7. The molecule has 2 aromatic carbocycles. The van der Waals surface area contributed by atoms with Crippen molar-refractivity contribution < 1.29 is 28.9 Å². The van der Waals surface area contributed by atoms with Gasteiger partial charge in [-0.1, -0.05) is 26.0 Å². The Morgan fingerprint density at radius 3 is 2.55 bits per heavy atom. The molecule has 0 aliphatic carbocycles. The second-order valence-corrected chi connectivity index (χ2v) is 8.18. The first-order valence-corrected chi connectivity index (χ1v) is 11.0. The molecule has 0 saturated heterocycles. The van der Waals surface area contributed by atoms with Crippen LogP contribution in [0.5, 0.6) is 5.75 Å². The quantitative estimate of drug-likeness (QED) is 0.333. The number of amides is 1. The summed E-state index contributed by atoms with van der Waals surface area (Å²) in [6, 6.07) is 15.5. The van der Waals surface area contributed by atoms with Gasteiger partial charge in [-0.25, -0.2) is 4.79 Å². The number of nitrogens with one attached hydrogen (secondary N) is 1. The van der Waals surface area contributed by atoms with E-state index < -0.39 is 23.6 Å². The minimum Gasteiger partial charge on any atom is -0.491 e. The topological polar surface area (TPSA) is 118 Å². The number of rotatable bonds is 11. The van der Waals surface area contributed by atoms with Crippen LogP contribution in [0.1, 0.15) is 37.5 Å². The second kappa shape index (κ2) is 12.7. The van der Waals surface area contributed by atoms with E-state index in [1.165, 1.54) is 0 Å². The minimum absolute atomic E-state index is 0.0163. The zero-order valence-corrected chi connectivity index (χ0v) is 19.5. The SMILES string of the molecule is CC(C)(CCOC(=O)CS)[C@H](OC(=O)Nc1ccc(C#N)cc1)c1cccc(OCCO)c1. The molecule has 0 bridgehead atoms. The number of carbonyl (C=O) groups is 2. The number of hydrogen-bond donors (Lipinski definition) is 3. The van der Waals surface area contributed by atoms with E-state index in [2.05, 4.69) is 17.9 Å². The van der Waals surface area contributed by atoms with Gasteiger partial charge in [-0.2, -0.15) is 17.9 Å². The van der Waals surface area contributed by atoms with E-state index in [0.717, 1.165) is 0 Å². The highest BCUT2D eigenvalue weighted by Crippen LogP contribution is 2.40. The van der Waals surface area contributed by atoms with E-state index >= 15 is 0 Å². The Morgan fingerprint density at radius 1 is 1.18 bits per heavy atom. The Morgan fingerprint density at radius 2 is 1.91 bits per heavy atom. The zero-order valence-electron chi connectivity index (χ0n) is 18.6. The van der Waals surface area contributed by atoms with E-state index in [4.69, 9.17) is 24.6 Å². The van der Waals surface area contributed by atoms with Gasteiger partial charge in [0.15, 0.2) is 0 Å². The Balaban J connectivity index is 2.22. The molecule has 176 valence electrons. The summed E-state index contributed by atoms with van der Waals surface area (Å²) in [5.74, 6) is 0.0851. The summed E-state index contributed by atoms with van der Waals surface area (Å²) in [4.78, 5) is 24.2. The van der Waals surface area contributed by atoms with Crippen LogP contribution in [-0.2, 0) is 14.3 Å². The van der Waals surface area contributed by atoms with Gasteiger partial charge in [-0.05, 0) is 48.4 Å². The molecule has 0 spiro atoms. The van der Waals surface area contributed by atoms with Crippen LogP contribution in [0.2, 0.25) is 0 Å². The van der Waals surface area contributed by atoms with Crippen LogP contribution in [0.25, 0.3) is 0 Å². The number of ether oxygens (including phenoxy) is 3. The monoisotopic (exact) mass is 472 g/mol. The van der Waals surface area contributed by atoms with Crippen LogP contribution in [0, 0.1) is 16.7 Å². The molecule has 1 amide bonds. The first-order valence-electron chi connectivity index (χ1n) is 10.4. The molecule has 1 atom stereocenters. The lowest BCUT2D eigenvalue weighted by Crippen LogP contribution is -2.30. The third-order valence-corrected chi connectivity index (χ3v) is 5.11. The predicted molar refractivity (Wildman–Crippen MR) is 126 cm³/mol. The molecule has 0 aliphatic heterocycles. The van der Waals surface area contributed by atoms with E-state index in [9.17, 15) is 9.59 Å². The first-order chi connectivity index (χ1) is 15.8. The van der Waals surface area contributed by atoms with E-state index in [0.29, 0.717) is 29.0 Å². The molecule has 2 aromatic rings. The Kier molecular flexibility index (Phi) is 10.0. The zero-order chi connectivity index (χ0) is 24.3. The summed E-state index contributed by atoms with van der Waals surface area (Å²) in [6.07, 6.45) is -0.960. The lowest BCUT2D eigenvalue weighted by Gasteiger charge is -2.34. The summed E-state index contributed by atoms with van der Waals surface area (Å²) in [7, 11) is 0. The van der Waals surface area contributed by atoms with Crippen LogP contribution in [0.3, 0.4) is 0 Å². The van der Waals surface area contributed by atoms with Gasteiger partial charge in [0.05, 0.1) is 30.6 Å². The van der Waals surface area contributed by atoms with Gasteiger partial charge in [-0.3, -0.25) is 10.1 Å². The summed E-state index contributed by atoms with van der Waals surface area (Å²) >= 11 is 3.90. The lowest BCUT2D eigenvalue weighted by molar-refractivity contribution is -0.141. The highest BCUT2D eigenvalue weighted by atomic mass is 32.1. The number of anilines is 1. The predicted octanol–water partition coefficient (Wildman–Crippen LogP) is 4.11. The number of carbonyl (C=O) groups excluding carboxylic acids is 2. The molecule has 0 fully saturated rings. The van der Waals surface area contributed by atoms with Crippen molar-refractivity contribution in [3.63, 3.8) is 0 Å². The van der Waals surface area contributed by atoms with Crippen molar-refractivity contribution in [2.45, 2.75) is 26.4 Å². The van der Waals surface area contributed by atoms with E-state index in [1.807, 2.05) is 26.0 Å². The van der Waals surface area contributed by atoms with Crippen molar-refractivity contribution in [3.8, 4) is 11.8 Å². The van der Waals surface area contributed by atoms with Crippen molar-refractivity contribution in [2.75, 3.05) is 30.9 Å². The number of nitriles is 1.